The topological polar surface area (TPSA) is 39.7 Å². The minimum atomic E-state index is 0.318. The molecule has 2 unspecified atom stereocenters. The van der Waals surface area contributed by atoms with E-state index in [1.807, 2.05) is 51.1 Å². The quantitative estimate of drug-likeness (QED) is 0.171. The van der Waals surface area contributed by atoms with E-state index in [-0.39, 0.29) is 0 Å². The Hall–Kier alpha value is -0.470. The molecular weight excluding hydrogens is 686 g/mol. The lowest BCUT2D eigenvalue weighted by molar-refractivity contribution is 0.411. The van der Waals surface area contributed by atoms with Gasteiger partial charge in [-0.05, 0) is 104 Å². The fourth-order valence-corrected chi connectivity index (χ4v) is 4.79. The Labute approximate surface area is 227 Å². The van der Waals surface area contributed by atoms with Crippen LogP contribution in [-0.2, 0) is 0 Å². The van der Waals surface area contributed by atoms with Crippen LogP contribution in [0.3, 0.4) is 0 Å². The first-order chi connectivity index (χ1) is 15.5. The lowest BCUT2D eigenvalue weighted by atomic mass is 9.97. The van der Waals surface area contributed by atoms with E-state index in [0.717, 1.165) is 50.9 Å². The van der Waals surface area contributed by atoms with Gasteiger partial charge < -0.3 is 19.1 Å². The Morgan fingerprint density at radius 2 is 1.47 bits per heavy atom. The van der Waals surface area contributed by atoms with Crippen molar-refractivity contribution in [2.75, 3.05) is 13.4 Å². The van der Waals surface area contributed by atoms with E-state index in [1.54, 1.807) is 13.4 Å². The highest BCUT2D eigenvalue weighted by molar-refractivity contribution is 14.2. The van der Waals surface area contributed by atoms with Gasteiger partial charge in [0.2, 0.25) is 0 Å². The molecule has 174 valence electrons. The molecule has 2 atom stereocenters. The van der Waals surface area contributed by atoms with E-state index in [2.05, 4.69) is 86.8 Å². The highest BCUT2D eigenvalue weighted by atomic mass is 127. The summed E-state index contributed by atoms with van der Waals surface area (Å²) in [6, 6.07) is 12.2. The number of aryl methyl sites for hydroxylation is 1. The molecule has 2 aromatic rings. The first kappa shape index (κ1) is 29.6. The van der Waals surface area contributed by atoms with Crippen LogP contribution < -0.4 is 19.1 Å². The van der Waals surface area contributed by atoms with Crippen LogP contribution in [0.5, 0.6) is 17.2 Å². The van der Waals surface area contributed by atoms with Crippen molar-refractivity contribution in [3.8, 4) is 17.2 Å². The van der Waals surface area contributed by atoms with Gasteiger partial charge in [0, 0.05) is 17.0 Å². The lowest BCUT2D eigenvalue weighted by Crippen LogP contribution is -2.13. The summed E-state index contributed by atoms with van der Waals surface area (Å²) in [7, 11) is 1.69. The third-order valence-corrected chi connectivity index (χ3v) is 6.13. The van der Waals surface area contributed by atoms with Gasteiger partial charge in [-0.2, -0.15) is 12.6 Å². The van der Waals surface area contributed by atoms with Gasteiger partial charge in [-0.1, -0.05) is 38.6 Å². The molecule has 0 fully saturated rings. The molecular formula is C23H29I2NO3P2S. The fraction of sp³-hybridized carbons (Fsp3) is 0.217. The van der Waals surface area contributed by atoms with Gasteiger partial charge in [0.25, 0.3) is 0 Å². The second-order valence-electron chi connectivity index (χ2n) is 6.01. The SMILES string of the molecule is C=C1C=C(c2ccc(OPI)c(OPI)c2)C=C(c2ccc(C)c(OC)c2)N1.CC.CS. The molecule has 0 amide bonds. The van der Waals surface area contributed by atoms with Crippen LogP contribution in [0.25, 0.3) is 11.3 Å². The van der Waals surface area contributed by atoms with Crippen molar-refractivity contribution < 1.29 is 13.8 Å². The molecule has 1 aliphatic rings. The maximum atomic E-state index is 5.79. The Balaban J connectivity index is 0.00000121. The standard InChI is InChI=1S/C20H19I2NO3P2.C2H6.CH4S/c1-12-4-5-15(11-19(12)24-3)17-9-16(8-13(2)23-17)14-6-7-18(25-27-21)20(10-14)26-28-22;2*1-2/h4-11,23,27-28H,2H2,1,3H3;1-2H3;2H,1H3. The Morgan fingerprint density at radius 1 is 0.875 bits per heavy atom. The molecule has 3 rings (SSSR count). The number of halogens is 2. The maximum Gasteiger partial charge on any atom is 0.166 e. The zero-order chi connectivity index (χ0) is 24.1. The molecule has 0 saturated heterocycles. The number of nitrogens with one attached hydrogen (secondary N) is 1. The van der Waals surface area contributed by atoms with Gasteiger partial charge >= 0.3 is 0 Å². The third-order valence-electron chi connectivity index (χ3n) is 4.22. The van der Waals surface area contributed by atoms with Crippen molar-refractivity contribution in [1.29, 1.82) is 0 Å². The first-order valence-electron chi connectivity index (χ1n) is 9.74. The molecule has 0 saturated carbocycles. The van der Waals surface area contributed by atoms with Crippen molar-refractivity contribution in [3.05, 3.63) is 77.5 Å². The van der Waals surface area contributed by atoms with E-state index in [9.17, 15) is 0 Å². The van der Waals surface area contributed by atoms with Crippen molar-refractivity contribution in [1.82, 2.24) is 5.32 Å². The van der Waals surface area contributed by atoms with Crippen molar-refractivity contribution in [2.24, 2.45) is 0 Å². The Bertz CT molecular complexity index is 968. The summed E-state index contributed by atoms with van der Waals surface area (Å²) in [4.78, 5) is 0. The van der Waals surface area contributed by atoms with Crippen LogP contribution in [0.1, 0.15) is 30.5 Å². The van der Waals surface area contributed by atoms with Crippen LogP contribution in [-0.4, -0.2) is 13.4 Å². The summed E-state index contributed by atoms with van der Waals surface area (Å²) in [5.74, 6) is 2.38. The van der Waals surface area contributed by atoms with Crippen LogP contribution in [0, 0.1) is 6.92 Å². The van der Waals surface area contributed by atoms with Gasteiger partial charge in [0.15, 0.2) is 11.5 Å². The van der Waals surface area contributed by atoms with Gasteiger partial charge in [-0.15, -0.1) is 0 Å². The number of hydrogen-bond donors (Lipinski definition) is 2. The van der Waals surface area contributed by atoms with Crippen LogP contribution in [0.15, 0.2) is 60.8 Å². The summed E-state index contributed by atoms with van der Waals surface area (Å²) >= 11 is 7.95. The monoisotopic (exact) mass is 715 g/mol. The van der Waals surface area contributed by atoms with Crippen LogP contribution in [0.2, 0.25) is 0 Å². The predicted octanol–water partition coefficient (Wildman–Crippen LogP) is 8.76. The van der Waals surface area contributed by atoms with Gasteiger partial charge in [-0.3, -0.25) is 0 Å². The zero-order valence-corrected chi connectivity index (χ0v) is 26.0. The second kappa shape index (κ2) is 16.2. The average molecular weight is 715 g/mol. The zero-order valence-electron chi connectivity index (χ0n) is 18.8. The van der Waals surface area contributed by atoms with Gasteiger partial charge in [0.1, 0.15) is 18.6 Å². The van der Waals surface area contributed by atoms with E-state index >= 15 is 0 Å². The number of rotatable bonds is 7. The van der Waals surface area contributed by atoms with Gasteiger partial charge in [-0.25, -0.2) is 0 Å². The molecule has 0 bridgehead atoms. The summed E-state index contributed by atoms with van der Waals surface area (Å²) in [6.45, 7) is 10.8. The number of ether oxygens (including phenoxy) is 1. The second-order valence-corrected chi connectivity index (χ2v) is 9.37. The van der Waals surface area contributed by atoms with E-state index < -0.39 is 0 Å². The highest BCUT2D eigenvalue weighted by Crippen LogP contribution is 2.41. The van der Waals surface area contributed by atoms with Crippen molar-refractivity contribution >= 4 is 80.9 Å². The van der Waals surface area contributed by atoms with E-state index in [1.165, 1.54) is 0 Å². The molecule has 1 aliphatic heterocycles. The molecule has 4 nitrogen and oxygen atoms in total. The molecule has 2 aromatic carbocycles. The average Bonchev–Trinajstić information content (AvgIpc) is 2.83. The highest BCUT2D eigenvalue weighted by Gasteiger charge is 2.15. The number of benzene rings is 2. The van der Waals surface area contributed by atoms with Crippen LogP contribution >= 0.6 is 69.6 Å². The molecule has 9 heteroatoms. The normalized spacial score (nSPS) is 12.8. The number of dihydropyridines is 1. The van der Waals surface area contributed by atoms with Crippen molar-refractivity contribution in [2.45, 2.75) is 20.8 Å². The molecule has 0 spiro atoms. The number of thiol groups is 1. The summed E-state index contributed by atoms with van der Waals surface area (Å²) in [6.07, 6.45) is 5.84. The minimum absolute atomic E-state index is 0.318. The van der Waals surface area contributed by atoms with Crippen LogP contribution in [0.4, 0.5) is 0 Å². The Morgan fingerprint density at radius 3 is 2.09 bits per heavy atom. The molecule has 1 heterocycles. The lowest BCUT2D eigenvalue weighted by Gasteiger charge is -2.20. The largest absolute Gasteiger partial charge is 0.496 e. The number of allylic oxidation sites excluding steroid dienone is 3. The third kappa shape index (κ3) is 8.39. The molecule has 0 radical (unpaired) electrons. The predicted molar refractivity (Wildman–Crippen MR) is 165 cm³/mol. The molecule has 32 heavy (non-hydrogen) atoms. The number of hydrogen-bond acceptors (Lipinski definition) is 5. The maximum absolute atomic E-state index is 5.79. The van der Waals surface area contributed by atoms with E-state index in [0.29, 0.717) is 12.9 Å². The fourth-order valence-electron chi connectivity index (χ4n) is 2.87. The Kier molecular flexibility index (Phi) is 15.0. The molecule has 0 aliphatic carbocycles. The van der Waals surface area contributed by atoms with Gasteiger partial charge in [0.05, 0.1) is 7.11 Å². The minimum Gasteiger partial charge on any atom is -0.496 e. The first-order valence-corrected chi connectivity index (χ1v) is 18.7. The summed E-state index contributed by atoms with van der Waals surface area (Å²) in [5.41, 5.74) is 6.07. The molecule has 0 aromatic heterocycles. The van der Waals surface area contributed by atoms with E-state index in [4.69, 9.17) is 13.8 Å². The van der Waals surface area contributed by atoms with Crippen molar-refractivity contribution in [3.63, 3.8) is 0 Å². The summed E-state index contributed by atoms with van der Waals surface area (Å²) < 4.78 is 17.0. The molecule has 1 N–H and O–H groups in total. The number of methoxy groups -OCH3 is 1. The smallest absolute Gasteiger partial charge is 0.166 e. The summed E-state index contributed by atoms with van der Waals surface area (Å²) in [5, 5.41) is 3.35.